The van der Waals surface area contributed by atoms with E-state index in [9.17, 15) is 4.79 Å². The molecule has 1 aromatic heterocycles. The normalized spacial score (nSPS) is 13.9. The highest BCUT2D eigenvalue weighted by atomic mass is 32.2. The molecule has 9 heteroatoms. The maximum atomic E-state index is 12.5. The number of hydrogen-bond donors (Lipinski definition) is 2. The van der Waals surface area contributed by atoms with Crippen molar-refractivity contribution in [2.24, 2.45) is 0 Å². The number of nitrogens with one attached hydrogen (secondary N) is 2. The van der Waals surface area contributed by atoms with E-state index in [1.807, 2.05) is 90.6 Å². The summed E-state index contributed by atoms with van der Waals surface area (Å²) >= 11 is 1.84. The Morgan fingerprint density at radius 2 is 1.80 bits per heavy atom. The molecule has 5 rings (SSSR count). The van der Waals surface area contributed by atoms with E-state index >= 15 is 0 Å². The van der Waals surface area contributed by atoms with Gasteiger partial charge in [-0.2, -0.15) is 11.8 Å². The summed E-state index contributed by atoms with van der Waals surface area (Å²) in [7, 11) is 0. The average molecular weight is 570 g/mol. The highest BCUT2D eigenvalue weighted by Gasteiger charge is 2.09. The van der Waals surface area contributed by atoms with Gasteiger partial charge in [-0.3, -0.25) is 9.69 Å². The Morgan fingerprint density at radius 3 is 2.63 bits per heavy atom. The number of nitrogens with zero attached hydrogens (tertiary/aromatic N) is 3. The van der Waals surface area contributed by atoms with Crippen LogP contribution < -0.4 is 15.4 Å². The van der Waals surface area contributed by atoms with Crippen molar-refractivity contribution in [2.75, 3.05) is 55.0 Å². The quantitative estimate of drug-likeness (QED) is 0.152. The first kappa shape index (κ1) is 28.6. The van der Waals surface area contributed by atoms with Crippen molar-refractivity contribution >= 4 is 45.8 Å². The molecule has 1 amide bonds. The van der Waals surface area contributed by atoms with Crippen molar-refractivity contribution in [3.05, 3.63) is 96.8 Å². The summed E-state index contributed by atoms with van der Waals surface area (Å²) in [5.41, 5.74) is 3.46. The average Bonchev–Trinajstić information content (AvgIpc) is 3.01. The van der Waals surface area contributed by atoms with Gasteiger partial charge in [0.25, 0.3) is 0 Å². The molecule has 2 heterocycles. The highest BCUT2D eigenvalue weighted by molar-refractivity contribution is 7.99. The zero-order chi connectivity index (χ0) is 28.1. The molecule has 0 radical (unpaired) electrons. The summed E-state index contributed by atoms with van der Waals surface area (Å²) in [6, 6.07) is 23.4. The summed E-state index contributed by atoms with van der Waals surface area (Å²) < 4.78 is 11.3. The van der Waals surface area contributed by atoms with Crippen LogP contribution in [0.25, 0.3) is 10.9 Å². The molecule has 8 nitrogen and oxygen atoms in total. The zero-order valence-electron chi connectivity index (χ0n) is 23.0. The Morgan fingerprint density at radius 1 is 1.00 bits per heavy atom. The van der Waals surface area contributed by atoms with E-state index in [1.54, 1.807) is 6.08 Å². The largest absolute Gasteiger partial charge is 0.489 e. The molecule has 0 unspecified atom stereocenters. The van der Waals surface area contributed by atoms with Gasteiger partial charge in [-0.15, -0.1) is 0 Å². The predicted octanol–water partition coefficient (Wildman–Crippen LogP) is 5.90. The van der Waals surface area contributed by atoms with Gasteiger partial charge in [-0.05, 0) is 66.7 Å². The van der Waals surface area contributed by atoms with Crippen LogP contribution in [0.15, 0.2) is 91.3 Å². The van der Waals surface area contributed by atoms with E-state index < -0.39 is 0 Å². The van der Waals surface area contributed by atoms with Gasteiger partial charge in [0.2, 0.25) is 5.91 Å². The van der Waals surface area contributed by atoms with Crippen LogP contribution in [0, 0.1) is 0 Å². The number of carbonyl (C=O) groups is 1. The van der Waals surface area contributed by atoms with Crippen LogP contribution in [-0.4, -0.2) is 65.1 Å². The summed E-state index contributed by atoms with van der Waals surface area (Å²) in [4.78, 5) is 23.8. The number of morpholine rings is 1. The minimum absolute atomic E-state index is 0.157. The fraction of sp³-hybridized carbons (Fsp3) is 0.281. The lowest BCUT2D eigenvalue weighted by Crippen LogP contribution is -2.36. The van der Waals surface area contributed by atoms with Gasteiger partial charge in [0.15, 0.2) is 0 Å². The summed E-state index contributed by atoms with van der Waals surface area (Å²) in [6.45, 7) is 5.36. The molecule has 212 valence electrons. The summed E-state index contributed by atoms with van der Waals surface area (Å²) in [5.74, 6) is 3.18. The maximum absolute atomic E-state index is 12.5. The zero-order valence-corrected chi connectivity index (χ0v) is 23.8. The molecule has 1 aliphatic heterocycles. The number of anilines is 3. The minimum atomic E-state index is -0.157. The molecule has 0 aliphatic carbocycles. The Hall–Kier alpha value is -3.92. The molecule has 3 aromatic carbocycles. The lowest BCUT2D eigenvalue weighted by Gasteiger charge is -2.26. The predicted molar refractivity (Wildman–Crippen MR) is 167 cm³/mol. The van der Waals surface area contributed by atoms with E-state index in [0.29, 0.717) is 18.1 Å². The van der Waals surface area contributed by atoms with Crippen LogP contribution >= 0.6 is 11.8 Å². The molecule has 4 aromatic rings. The molecule has 0 atom stereocenters. The van der Waals surface area contributed by atoms with E-state index in [1.165, 1.54) is 6.33 Å². The topological polar surface area (TPSA) is 88.6 Å². The van der Waals surface area contributed by atoms with Gasteiger partial charge < -0.3 is 20.1 Å². The van der Waals surface area contributed by atoms with E-state index in [0.717, 1.165) is 78.7 Å². The first-order valence-electron chi connectivity index (χ1n) is 13.9. The molecular weight excluding hydrogens is 534 g/mol. The van der Waals surface area contributed by atoms with Crippen LogP contribution in [0.2, 0.25) is 0 Å². The number of benzene rings is 3. The molecule has 0 spiro atoms. The molecule has 0 bridgehead atoms. The summed E-state index contributed by atoms with van der Waals surface area (Å²) in [5, 5.41) is 7.13. The minimum Gasteiger partial charge on any atom is -0.489 e. The SMILES string of the molecule is O=C(C=CCSCCCN1CCOCC1)Nc1ccc2ncnc(Nc3ccc(OCc4ccccc4)cc3)c2c1. The molecular formula is C32H35N5O3S. The molecule has 1 saturated heterocycles. The second kappa shape index (κ2) is 15.2. The number of fused-ring (bicyclic) bond motifs is 1. The second-order valence-corrected chi connectivity index (χ2v) is 10.8. The fourth-order valence-electron chi connectivity index (χ4n) is 4.45. The third-order valence-electron chi connectivity index (χ3n) is 6.62. The number of amides is 1. The number of ether oxygens (including phenoxy) is 2. The molecule has 41 heavy (non-hydrogen) atoms. The van der Waals surface area contributed by atoms with Crippen LogP contribution in [0.3, 0.4) is 0 Å². The molecule has 1 fully saturated rings. The van der Waals surface area contributed by atoms with E-state index in [-0.39, 0.29) is 5.91 Å². The Balaban J connectivity index is 1.10. The Kier molecular flexibility index (Phi) is 10.6. The Bertz CT molecular complexity index is 1430. The number of thioether (sulfide) groups is 1. The van der Waals surface area contributed by atoms with Crippen molar-refractivity contribution in [3.8, 4) is 5.75 Å². The highest BCUT2D eigenvalue weighted by Crippen LogP contribution is 2.27. The van der Waals surface area contributed by atoms with E-state index in [4.69, 9.17) is 9.47 Å². The third kappa shape index (κ3) is 9.04. The smallest absolute Gasteiger partial charge is 0.248 e. The van der Waals surface area contributed by atoms with Crippen molar-refractivity contribution < 1.29 is 14.3 Å². The lowest BCUT2D eigenvalue weighted by molar-refractivity contribution is -0.111. The van der Waals surface area contributed by atoms with Crippen molar-refractivity contribution in [3.63, 3.8) is 0 Å². The second-order valence-electron chi connectivity index (χ2n) is 9.65. The maximum Gasteiger partial charge on any atom is 0.248 e. The standard InChI is InChI=1S/C32H35N5O3S/c38-31(8-4-20-41-21-5-15-37-16-18-39-19-17-37)35-27-11-14-30-29(22-27)32(34-24-33-30)36-26-9-12-28(13-10-26)40-23-25-6-2-1-3-7-25/h1-4,6-14,22,24H,5,15-21,23H2,(H,35,38)(H,33,34,36). The third-order valence-corrected chi connectivity index (χ3v) is 7.62. The molecule has 1 aliphatic rings. The van der Waals surface area contributed by atoms with Crippen molar-refractivity contribution in [1.82, 2.24) is 14.9 Å². The summed E-state index contributed by atoms with van der Waals surface area (Å²) in [6.07, 6.45) is 6.19. The van der Waals surface area contributed by atoms with Gasteiger partial charge in [-0.25, -0.2) is 9.97 Å². The Labute approximate surface area is 245 Å². The first-order chi connectivity index (χ1) is 20.2. The van der Waals surface area contributed by atoms with Crippen LogP contribution in [0.5, 0.6) is 5.75 Å². The number of carbonyl (C=O) groups excluding carboxylic acids is 1. The van der Waals surface area contributed by atoms with Crippen molar-refractivity contribution in [1.29, 1.82) is 0 Å². The number of aromatic nitrogens is 2. The van der Waals surface area contributed by atoms with Crippen LogP contribution in [0.4, 0.5) is 17.2 Å². The molecule has 2 N–H and O–H groups in total. The van der Waals surface area contributed by atoms with E-state index in [2.05, 4.69) is 25.5 Å². The van der Waals surface area contributed by atoms with Crippen molar-refractivity contribution in [2.45, 2.75) is 13.0 Å². The van der Waals surface area contributed by atoms with Gasteiger partial charge in [0.05, 0.1) is 18.7 Å². The van der Waals surface area contributed by atoms with Gasteiger partial charge >= 0.3 is 0 Å². The van der Waals surface area contributed by atoms with Gasteiger partial charge in [0.1, 0.15) is 24.5 Å². The first-order valence-corrected chi connectivity index (χ1v) is 15.0. The monoisotopic (exact) mass is 569 g/mol. The molecule has 0 saturated carbocycles. The van der Waals surface area contributed by atoms with Crippen LogP contribution in [-0.2, 0) is 16.1 Å². The van der Waals surface area contributed by atoms with Gasteiger partial charge in [-0.1, -0.05) is 36.4 Å². The fourth-order valence-corrected chi connectivity index (χ4v) is 5.18. The van der Waals surface area contributed by atoms with Gasteiger partial charge in [0, 0.05) is 41.7 Å². The number of hydrogen-bond acceptors (Lipinski definition) is 8. The lowest BCUT2D eigenvalue weighted by atomic mass is 10.2. The van der Waals surface area contributed by atoms with Crippen LogP contribution in [0.1, 0.15) is 12.0 Å². The number of rotatable bonds is 13.